The topological polar surface area (TPSA) is 103 Å². The number of hydrogen-bond acceptors (Lipinski definition) is 7. The van der Waals surface area contributed by atoms with E-state index in [-0.39, 0.29) is 5.57 Å². The van der Waals surface area contributed by atoms with Crippen LogP contribution < -0.4 is 15.4 Å². The molecule has 3 aromatic rings. The molecule has 8 heteroatoms. The Morgan fingerprint density at radius 1 is 1.09 bits per heavy atom. The third-order valence-corrected chi connectivity index (χ3v) is 4.99. The van der Waals surface area contributed by atoms with Gasteiger partial charge in [0.2, 0.25) is 11.8 Å². The van der Waals surface area contributed by atoms with E-state index < -0.39 is 11.4 Å². The quantitative estimate of drug-likeness (QED) is 0.384. The average Bonchev–Trinajstić information content (AvgIpc) is 2.78. The van der Waals surface area contributed by atoms with E-state index >= 15 is 0 Å². The van der Waals surface area contributed by atoms with Crippen molar-refractivity contribution in [3.05, 3.63) is 78.5 Å². The fraction of sp³-hybridized carbons (Fsp3) is 0.200. The Hall–Kier alpha value is -4.22. The molecular formula is C25H26N6O2. The number of rotatable bonds is 8. The number of nitrogens with zero attached hydrogens (tertiary/aromatic N) is 4. The fourth-order valence-electron chi connectivity index (χ4n) is 2.70. The lowest BCUT2D eigenvalue weighted by atomic mass is 10.00. The number of amides is 1. The molecule has 33 heavy (non-hydrogen) atoms. The van der Waals surface area contributed by atoms with Gasteiger partial charge >= 0.3 is 0 Å². The highest BCUT2D eigenvalue weighted by Gasteiger charge is 2.21. The number of carbonyl (C=O) groups excluding carboxylic acids is 1. The summed E-state index contributed by atoms with van der Waals surface area (Å²) in [6.45, 7) is 3.86. The van der Waals surface area contributed by atoms with Gasteiger partial charge in [0.15, 0.2) is 0 Å². The first kappa shape index (κ1) is 23.4. The monoisotopic (exact) mass is 442 g/mol. The van der Waals surface area contributed by atoms with Crippen LogP contribution in [0.15, 0.2) is 78.5 Å². The van der Waals surface area contributed by atoms with Gasteiger partial charge < -0.3 is 20.3 Å². The molecule has 0 spiro atoms. The zero-order valence-corrected chi connectivity index (χ0v) is 19.0. The van der Waals surface area contributed by atoms with Crippen molar-refractivity contribution in [1.82, 2.24) is 14.9 Å². The number of ether oxygens (including phenoxy) is 1. The molecule has 0 unspecified atom stereocenters. The molecule has 2 N–H and O–H groups in total. The summed E-state index contributed by atoms with van der Waals surface area (Å²) < 4.78 is 5.74. The summed E-state index contributed by atoms with van der Waals surface area (Å²) in [6, 6.07) is 20.1. The van der Waals surface area contributed by atoms with Crippen molar-refractivity contribution in [2.45, 2.75) is 19.4 Å². The number of anilines is 3. The Labute approximate surface area is 193 Å². The maximum Gasteiger partial charge on any atom is 0.266 e. The lowest BCUT2D eigenvalue weighted by molar-refractivity contribution is -0.112. The predicted molar refractivity (Wildman–Crippen MR) is 128 cm³/mol. The summed E-state index contributed by atoms with van der Waals surface area (Å²) >= 11 is 0. The average molecular weight is 443 g/mol. The van der Waals surface area contributed by atoms with E-state index in [4.69, 9.17) is 4.74 Å². The lowest BCUT2D eigenvalue weighted by Crippen LogP contribution is -2.37. The summed E-state index contributed by atoms with van der Waals surface area (Å²) in [4.78, 5) is 23.2. The first-order valence-electron chi connectivity index (χ1n) is 10.3. The van der Waals surface area contributed by atoms with E-state index in [1.165, 1.54) is 0 Å². The number of benzene rings is 2. The van der Waals surface area contributed by atoms with Crippen LogP contribution in [0.1, 0.15) is 13.8 Å². The molecule has 2 aromatic carbocycles. The second-order valence-corrected chi connectivity index (χ2v) is 8.01. The van der Waals surface area contributed by atoms with Crippen LogP contribution >= 0.6 is 0 Å². The van der Waals surface area contributed by atoms with Gasteiger partial charge in [0.25, 0.3) is 5.91 Å². The minimum Gasteiger partial charge on any atom is -0.439 e. The summed E-state index contributed by atoms with van der Waals surface area (Å²) in [7, 11) is 3.78. The minimum absolute atomic E-state index is 0.0427. The molecular weight excluding hydrogens is 416 g/mol. The molecule has 1 aromatic heterocycles. The highest BCUT2D eigenvalue weighted by molar-refractivity contribution is 6.06. The molecule has 0 saturated heterocycles. The number of hydrogen-bond donors (Lipinski definition) is 2. The largest absolute Gasteiger partial charge is 0.439 e. The summed E-state index contributed by atoms with van der Waals surface area (Å²) in [5.74, 6) is 0.942. The third kappa shape index (κ3) is 6.63. The molecule has 0 fully saturated rings. The molecule has 168 valence electrons. The van der Waals surface area contributed by atoms with Crippen molar-refractivity contribution < 1.29 is 9.53 Å². The van der Waals surface area contributed by atoms with E-state index in [9.17, 15) is 10.1 Å². The van der Waals surface area contributed by atoms with Crippen LogP contribution in [0.3, 0.4) is 0 Å². The molecule has 1 amide bonds. The number of carbonyl (C=O) groups is 1. The van der Waals surface area contributed by atoms with Crippen LogP contribution in [0.2, 0.25) is 0 Å². The van der Waals surface area contributed by atoms with Gasteiger partial charge in [-0.25, -0.2) is 4.98 Å². The van der Waals surface area contributed by atoms with Crippen LogP contribution in [-0.2, 0) is 4.79 Å². The molecule has 0 bridgehead atoms. The maximum atomic E-state index is 12.6. The van der Waals surface area contributed by atoms with E-state index in [2.05, 4.69) is 20.6 Å². The molecule has 0 aliphatic rings. The number of nitrogens with one attached hydrogen (secondary N) is 2. The standard InChI is InChI=1S/C25H26N6O2/c1-25(2,31(3)4)16-18(17-26)23(32)28-19-9-8-10-20(15-19)29-24-27-14-13-22(30-24)33-21-11-6-5-7-12-21/h5-16H,1-4H3,(H,28,32)(H,27,29,30). The van der Waals surface area contributed by atoms with Crippen LogP contribution in [0.25, 0.3) is 0 Å². The van der Waals surface area contributed by atoms with Gasteiger partial charge in [0.05, 0.1) is 0 Å². The van der Waals surface area contributed by atoms with Gasteiger partial charge in [0, 0.05) is 29.2 Å². The Balaban J connectivity index is 1.71. The number of aromatic nitrogens is 2. The van der Waals surface area contributed by atoms with Crippen LogP contribution in [-0.4, -0.2) is 40.4 Å². The highest BCUT2D eigenvalue weighted by Crippen LogP contribution is 2.23. The second kappa shape index (κ2) is 10.4. The van der Waals surface area contributed by atoms with Crippen molar-refractivity contribution >= 4 is 23.2 Å². The number of nitriles is 1. The van der Waals surface area contributed by atoms with E-state index in [0.717, 1.165) is 0 Å². The first-order chi connectivity index (χ1) is 15.8. The van der Waals surface area contributed by atoms with Crippen molar-refractivity contribution in [2.24, 2.45) is 0 Å². The van der Waals surface area contributed by atoms with E-state index in [1.54, 1.807) is 36.5 Å². The van der Waals surface area contributed by atoms with Gasteiger partial charge in [-0.1, -0.05) is 24.3 Å². The summed E-state index contributed by atoms with van der Waals surface area (Å²) in [6.07, 6.45) is 3.24. The first-order valence-corrected chi connectivity index (χ1v) is 10.3. The third-order valence-electron chi connectivity index (χ3n) is 4.99. The SMILES string of the molecule is CN(C)C(C)(C)C=C(C#N)C(=O)Nc1cccc(Nc2nccc(Oc3ccccc3)n2)c1. The Kier molecular flexibility index (Phi) is 7.38. The Morgan fingerprint density at radius 2 is 1.82 bits per heavy atom. The Morgan fingerprint density at radius 3 is 2.52 bits per heavy atom. The molecule has 0 aliphatic heterocycles. The molecule has 0 atom stereocenters. The molecule has 0 aliphatic carbocycles. The van der Waals surface area contributed by atoms with Gasteiger partial charge in [-0.05, 0) is 64.4 Å². The molecule has 3 rings (SSSR count). The lowest BCUT2D eigenvalue weighted by Gasteiger charge is -2.29. The van der Waals surface area contributed by atoms with E-state index in [1.807, 2.05) is 75.3 Å². The van der Waals surface area contributed by atoms with Crippen molar-refractivity contribution in [2.75, 3.05) is 24.7 Å². The number of para-hydroxylation sites is 1. The maximum absolute atomic E-state index is 12.6. The molecule has 8 nitrogen and oxygen atoms in total. The van der Waals surface area contributed by atoms with Crippen molar-refractivity contribution in [3.63, 3.8) is 0 Å². The highest BCUT2D eigenvalue weighted by atomic mass is 16.5. The van der Waals surface area contributed by atoms with Gasteiger partial charge in [-0.2, -0.15) is 10.2 Å². The smallest absolute Gasteiger partial charge is 0.266 e. The fourth-order valence-corrected chi connectivity index (χ4v) is 2.70. The zero-order valence-electron chi connectivity index (χ0n) is 19.0. The molecule has 0 saturated carbocycles. The minimum atomic E-state index is -0.473. The Bertz CT molecular complexity index is 1180. The summed E-state index contributed by atoms with van der Waals surface area (Å²) in [5, 5.41) is 15.3. The van der Waals surface area contributed by atoms with Crippen LogP contribution in [0.5, 0.6) is 11.6 Å². The van der Waals surface area contributed by atoms with E-state index in [0.29, 0.717) is 29.0 Å². The van der Waals surface area contributed by atoms with Crippen LogP contribution in [0, 0.1) is 11.3 Å². The molecule has 0 radical (unpaired) electrons. The van der Waals surface area contributed by atoms with Crippen molar-refractivity contribution in [1.29, 1.82) is 5.26 Å². The second-order valence-electron chi connectivity index (χ2n) is 8.01. The zero-order chi connectivity index (χ0) is 23.8. The molecule has 1 heterocycles. The predicted octanol–water partition coefficient (Wildman–Crippen LogP) is 4.74. The normalized spacial score (nSPS) is 11.6. The van der Waals surface area contributed by atoms with Gasteiger partial charge in [-0.15, -0.1) is 0 Å². The van der Waals surface area contributed by atoms with Crippen LogP contribution in [0.4, 0.5) is 17.3 Å². The van der Waals surface area contributed by atoms with Gasteiger partial charge in [-0.3, -0.25) is 4.79 Å². The van der Waals surface area contributed by atoms with Crippen molar-refractivity contribution in [3.8, 4) is 17.7 Å². The number of likely N-dealkylation sites (N-methyl/N-ethyl adjacent to an activating group) is 1. The van der Waals surface area contributed by atoms with Gasteiger partial charge in [0.1, 0.15) is 17.4 Å². The summed E-state index contributed by atoms with van der Waals surface area (Å²) in [5.41, 5.74) is 0.795.